The molecule has 0 unspecified atom stereocenters. The average Bonchev–Trinajstić information content (AvgIpc) is 2.87. The van der Waals surface area contributed by atoms with Crippen molar-refractivity contribution < 1.29 is 4.39 Å². The predicted octanol–water partition coefficient (Wildman–Crippen LogP) is 1.75. The molecule has 0 aromatic carbocycles. The molecule has 0 amide bonds. The highest BCUT2D eigenvalue weighted by molar-refractivity contribution is 5.37. The number of halogens is 1. The van der Waals surface area contributed by atoms with Crippen LogP contribution in [0.5, 0.6) is 0 Å². The molecule has 66 valence electrons. The molecule has 0 N–H and O–H groups in total. The molecule has 0 bridgehead atoms. The second-order valence-electron chi connectivity index (χ2n) is 3.39. The summed E-state index contributed by atoms with van der Waals surface area (Å²) in [7, 11) is 0. The van der Waals surface area contributed by atoms with E-state index in [1.807, 2.05) is 0 Å². The van der Waals surface area contributed by atoms with Crippen molar-refractivity contribution in [1.82, 2.24) is 14.6 Å². The Labute approximate surface area is 74.2 Å². The molecule has 2 heterocycles. The van der Waals surface area contributed by atoms with E-state index in [4.69, 9.17) is 0 Å². The molecule has 0 atom stereocenters. The molecule has 0 saturated heterocycles. The number of hydrogen-bond acceptors (Lipinski definition) is 2. The minimum absolute atomic E-state index is 0.278. The molecule has 1 fully saturated rings. The quantitative estimate of drug-likeness (QED) is 0.664. The van der Waals surface area contributed by atoms with Crippen LogP contribution < -0.4 is 0 Å². The summed E-state index contributed by atoms with van der Waals surface area (Å²) in [6, 6.07) is 3.05. The Morgan fingerprint density at radius 2 is 2.23 bits per heavy atom. The zero-order chi connectivity index (χ0) is 8.84. The summed E-state index contributed by atoms with van der Waals surface area (Å²) in [6.07, 6.45) is 3.69. The van der Waals surface area contributed by atoms with Gasteiger partial charge in [-0.25, -0.2) is 13.9 Å². The second-order valence-corrected chi connectivity index (χ2v) is 3.39. The Hall–Kier alpha value is -1.45. The molecule has 1 saturated carbocycles. The first kappa shape index (κ1) is 7.00. The van der Waals surface area contributed by atoms with E-state index in [0.29, 0.717) is 5.92 Å². The molecular formula is C9H8FN3. The summed E-state index contributed by atoms with van der Waals surface area (Å²) in [5.41, 5.74) is 0.725. The van der Waals surface area contributed by atoms with Gasteiger partial charge in [-0.3, -0.25) is 0 Å². The Bertz CT molecular complexity index is 459. The summed E-state index contributed by atoms with van der Waals surface area (Å²) in [5.74, 6) is 1.09. The van der Waals surface area contributed by atoms with Gasteiger partial charge < -0.3 is 0 Å². The Balaban J connectivity index is 2.20. The predicted molar refractivity (Wildman–Crippen MR) is 44.9 cm³/mol. The first-order valence-electron chi connectivity index (χ1n) is 4.35. The number of nitrogens with zero attached hydrogens (tertiary/aromatic N) is 3. The van der Waals surface area contributed by atoms with Gasteiger partial charge in [-0.15, -0.1) is 0 Å². The first-order valence-corrected chi connectivity index (χ1v) is 4.35. The maximum atomic E-state index is 12.8. The zero-order valence-corrected chi connectivity index (χ0v) is 6.94. The van der Waals surface area contributed by atoms with Gasteiger partial charge in [0.1, 0.15) is 5.82 Å². The second kappa shape index (κ2) is 2.28. The zero-order valence-electron chi connectivity index (χ0n) is 6.94. The van der Waals surface area contributed by atoms with Gasteiger partial charge in [0, 0.05) is 5.92 Å². The third-order valence-electron chi connectivity index (χ3n) is 2.25. The topological polar surface area (TPSA) is 30.2 Å². The van der Waals surface area contributed by atoms with Crippen LogP contribution in [0.3, 0.4) is 0 Å². The number of pyridine rings is 1. The van der Waals surface area contributed by atoms with Gasteiger partial charge in [-0.05, 0) is 25.0 Å². The Morgan fingerprint density at radius 1 is 1.38 bits per heavy atom. The summed E-state index contributed by atoms with van der Waals surface area (Å²) in [5, 5.41) is 4.20. The number of hydrogen-bond donors (Lipinski definition) is 0. The highest BCUT2D eigenvalue weighted by atomic mass is 19.1. The number of fused-ring (bicyclic) bond motifs is 1. The molecule has 1 aliphatic carbocycles. The summed E-state index contributed by atoms with van der Waals surface area (Å²) in [6.45, 7) is 0. The molecule has 2 aromatic rings. The van der Waals surface area contributed by atoms with Crippen LogP contribution in [-0.4, -0.2) is 14.6 Å². The maximum absolute atomic E-state index is 12.8. The van der Waals surface area contributed by atoms with E-state index >= 15 is 0 Å². The third kappa shape index (κ3) is 1.09. The third-order valence-corrected chi connectivity index (χ3v) is 2.25. The van der Waals surface area contributed by atoms with Crippen LogP contribution in [0.25, 0.3) is 5.65 Å². The fourth-order valence-electron chi connectivity index (χ4n) is 1.39. The molecule has 0 spiro atoms. The van der Waals surface area contributed by atoms with Gasteiger partial charge in [-0.2, -0.15) is 5.10 Å². The van der Waals surface area contributed by atoms with E-state index in [9.17, 15) is 4.39 Å². The van der Waals surface area contributed by atoms with Crippen molar-refractivity contribution in [3.05, 3.63) is 30.0 Å². The summed E-state index contributed by atoms with van der Waals surface area (Å²) in [4.78, 5) is 4.30. The normalized spacial score (nSPS) is 16.7. The Kier molecular flexibility index (Phi) is 1.23. The van der Waals surface area contributed by atoms with Crippen molar-refractivity contribution in [1.29, 1.82) is 0 Å². The largest absolute Gasteiger partial charge is 0.218 e. The van der Waals surface area contributed by atoms with Gasteiger partial charge in [0.05, 0.1) is 6.20 Å². The molecule has 2 aromatic heterocycles. The van der Waals surface area contributed by atoms with Gasteiger partial charge >= 0.3 is 0 Å². The van der Waals surface area contributed by atoms with E-state index in [2.05, 4.69) is 10.1 Å². The smallest absolute Gasteiger partial charge is 0.155 e. The van der Waals surface area contributed by atoms with E-state index in [1.165, 1.54) is 29.6 Å². The fraction of sp³-hybridized carbons (Fsp3) is 0.333. The summed E-state index contributed by atoms with van der Waals surface area (Å²) >= 11 is 0. The number of rotatable bonds is 1. The van der Waals surface area contributed by atoms with Gasteiger partial charge in [-0.1, -0.05) is 0 Å². The molecule has 4 heteroatoms. The molecule has 1 aliphatic rings. The van der Waals surface area contributed by atoms with Crippen LogP contribution in [0.15, 0.2) is 18.3 Å². The minimum atomic E-state index is -0.278. The van der Waals surface area contributed by atoms with Crippen LogP contribution in [0.2, 0.25) is 0 Å². The molecule has 0 aliphatic heterocycles. The highest BCUT2D eigenvalue weighted by Crippen LogP contribution is 2.38. The van der Waals surface area contributed by atoms with Crippen LogP contribution in [0.4, 0.5) is 4.39 Å². The molecular weight excluding hydrogens is 169 g/mol. The van der Waals surface area contributed by atoms with Crippen molar-refractivity contribution in [3.63, 3.8) is 0 Å². The van der Waals surface area contributed by atoms with E-state index in [0.717, 1.165) is 11.5 Å². The van der Waals surface area contributed by atoms with Gasteiger partial charge in [0.15, 0.2) is 11.5 Å². The van der Waals surface area contributed by atoms with E-state index < -0.39 is 0 Å². The molecule has 3 rings (SSSR count). The van der Waals surface area contributed by atoms with Gasteiger partial charge in [0.2, 0.25) is 0 Å². The van der Waals surface area contributed by atoms with Crippen molar-refractivity contribution in [2.75, 3.05) is 0 Å². The molecule has 3 nitrogen and oxygen atoms in total. The summed E-state index contributed by atoms with van der Waals surface area (Å²) < 4.78 is 14.3. The molecule has 13 heavy (non-hydrogen) atoms. The monoisotopic (exact) mass is 177 g/mol. The number of aromatic nitrogens is 3. The fourth-order valence-corrected chi connectivity index (χ4v) is 1.39. The standard InChI is InChI=1S/C9H8FN3/c10-7-3-4-8-11-9(6-1-2-6)12-13(8)5-7/h3-6H,1-2H2. The van der Waals surface area contributed by atoms with Crippen molar-refractivity contribution >= 4 is 5.65 Å². The van der Waals surface area contributed by atoms with E-state index in [-0.39, 0.29) is 5.82 Å². The van der Waals surface area contributed by atoms with Crippen molar-refractivity contribution in [3.8, 4) is 0 Å². The lowest BCUT2D eigenvalue weighted by Gasteiger charge is -1.88. The SMILES string of the molecule is Fc1ccc2nc(C3CC3)nn2c1. The average molecular weight is 177 g/mol. The molecule has 0 radical (unpaired) electrons. The highest BCUT2D eigenvalue weighted by Gasteiger charge is 2.27. The van der Waals surface area contributed by atoms with Crippen molar-refractivity contribution in [2.45, 2.75) is 18.8 Å². The van der Waals surface area contributed by atoms with Crippen LogP contribution in [0.1, 0.15) is 24.6 Å². The van der Waals surface area contributed by atoms with Crippen LogP contribution in [0, 0.1) is 5.82 Å². The van der Waals surface area contributed by atoms with Gasteiger partial charge in [0.25, 0.3) is 0 Å². The lowest BCUT2D eigenvalue weighted by molar-refractivity contribution is 0.614. The van der Waals surface area contributed by atoms with Crippen LogP contribution in [-0.2, 0) is 0 Å². The lowest BCUT2D eigenvalue weighted by Crippen LogP contribution is -1.88. The maximum Gasteiger partial charge on any atom is 0.155 e. The lowest BCUT2D eigenvalue weighted by atomic mass is 10.4. The van der Waals surface area contributed by atoms with Crippen molar-refractivity contribution in [2.24, 2.45) is 0 Å². The first-order chi connectivity index (χ1) is 6.33. The Morgan fingerprint density at radius 3 is 3.00 bits per heavy atom. The van der Waals surface area contributed by atoms with Crippen LogP contribution >= 0.6 is 0 Å². The minimum Gasteiger partial charge on any atom is -0.218 e. The van der Waals surface area contributed by atoms with E-state index in [1.54, 1.807) is 6.07 Å².